The zero-order valence-electron chi connectivity index (χ0n) is 12.6. The lowest BCUT2D eigenvalue weighted by molar-refractivity contribution is -0.133. The molecule has 2 aliphatic heterocycles. The Hall–Kier alpha value is -2.71. The first-order valence-electron chi connectivity index (χ1n) is 7.42. The maximum Gasteiger partial charge on any atom is 0.322 e. The molecule has 0 aromatic carbocycles. The number of hydrogen-bond donors (Lipinski definition) is 3. The van der Waals surface area contributed by atoms with Gasteiger partial charge < -0.3 is 15.2 Å². The van der Waals surface area contributed by atoms with E-state index in [9.17, 15) is 19.2 Å². The minimum absolute atomic E-state index is 0.0866. The van der Waals surface area contributed by atoms with Gasteiger partial charge in [0.05, 0.1) is 12.1 Å². The molecule has 9 nitrogen and oxygen atoms in total. The minimum Gasteiger partial charge on any atom is -0.342 e. The number of carbonyl (C=O) groups is 3. The van der Waals surface area contributed by atoms with Crippen LogP contribution in [-0.4, -0.2) is 51.8 Å². The molecular formula is C14H17N5O4. The van der Waals surface area contributed by atoms with Crippen molar-refractivity contribution in [2.75, 3.05) is 13.1 Å². The Morgan fingerprint density at radius 1 is 1.26 bits per heavy atom. The molecule has 0 saturated carbocycles. The number of H-pyrrole nitrogens is 1. The standard InChI is InChI=1S/C14H17N5O4/c1-7-15-9-3-5-19(4-2-8(9)12(21)16-7)11(20)6-10-13(22)18-14(23)17-10/h10H,2-6H2,1H3,(H,15,16,21)(H2,17,18,22,23). The number of urea groups is 1. The summed E-state index contributed by atoms with van der Waals surface area (Å²) in [6.45, 7) is 2.54. The van der Waals surface area contributed by atoms with E-state index in [0.29, 0.717) is 43.0 Å². The van der Waals surface area contributed by atoms with Crippen molar-refractivity contribution in [3.05, 3.63) is 27.4 Å². The first kappa shape index (κ1) is 15.2. The summed E-state index contributed by atoms with van der Waals surface area (Å²) in [5.74, 6) is -0.164. The van der Waals surface area contributed by atoms with Gasteiger partial charge in [0.25, 0.3) is 11.5 Å². The molecule has 3 rings (SSSR count). The number of carbonyl (C=O) groups excluding carboxylic acids is 3. The summed E-state index contributed by atoms with van der Waals surface area (Å²) in [4.78, 5) is 55.5. The van der Waals surface area contributed by atoms with Gasteiger partial charge in [-0.25, -0.2) is 9.78 Å². The van der Waals surface area contributed by atoms with Gasteiger partial charge in [-0.05, 0) is 13.3 Å². The lowest BCUT2D eigenvalue weighted by atomic mass is 10.1. The lowest BCUT2D eigenvalue weighted by Crippen LogP contribution is -2.40. The molecule has 1 unspecified atom stereocenters. The molecule has 122 valence electrons. The van der Waals surface area contributed by atoms with Gasteiger partial charge in [0.15, 0.2) is 0 Å². The molecule has 1 atom stereocenters. The van der Waals surface area contributed by atoms with E-state index in [2.05, 4.69) is 20.6 Å². The van der Waals surface area contributed by atoms with E-state index < -0.39 is 18.0 Å². The van der Waals surface area contributed by atoms with Crippen LogP contribution < -0.4 is 16.2 Å². The molecule has 2 aliphatic rings. The highest BCUT2D eigenvalue weighted by Gasteiger charge is 2.33. The van der Waals surface area contributed by atoms with Gasteiger partial charge >= 0.3 is 6.03 Å². The number of nitrogens with zero attached hydrogens (tertiary/aromatic N) is 2. The highest BCUT2D eigenvalue weighted by Crippen LogP contribution is 2.12. The molecule has 0 spiro atoms. The fourth-order valence-electron chi connectivity index (χ4n) is 2.89. The van der Waals surface area contributed by atoms with Gasteiger partial charge in [-0.3, -0.25) is 19.7 Å². The molecular weight excluding hydrogens is 302 g/mol. The molecule has 0 aliphatic carbocycles. The largest absolute Gasteiger partial charge is 0.342 e. The monoisotopic (exact) mass is 319 g/mol. The Labute approximate surface area is 131 Å². The van der Waals surface area contributed by atoms with Crippen molar-refractivity contribution < 1.29 is 14.4 Å². The normalized spacial score (nSPS) is 20.6. The number of fused-ring (bicyclic) bond motifs is 1. The Bertz CT molecular complexity index is 741. The fraction of sp³-hybridized carbons (Fsp3) is 0.500. The number of nitrogens with one attached hydrogen (secondary N) is 3. The number of hydrogen-bond acceptors (Lipinski definition) is 5. The molecule has 3 heterocycles. The highest BCUT2D eigenvalue weighted by molar-refractivity contribution is 6.05. The van der Waals surface area contributed by atoms with Crippen LogP contribution in [0, 0.1) is 6.92 Å². The number of imide groups is 1. The van der Waals surface area contributed by atoms with Crippen LogP contribution in [0.1, 0.15) is 23.5 Å². The number of amides is 4. The highest BCUT2D eigenvalue weighted by atomic mass is 16.2. The summed E-state index contributed by atoms with van der Waals surface area (Å²) in [6.07, 6.45) is 0.832. The Morgan fingerprint density at radius 2 is 2.00 bits per heavy atom. The van der Waals surface area contributed by atoms with Crippen molar-refractivity contribution in [3.63, 3.8) is 0 Å². The summed E-state index contributed by atoms with van der Waals surface area (Å²) in [6, 6.07) is -1.41. The summed E-state index contributed by atoms with van der Waals surface area (Å²) < 4.78 is 0. The van der Waals surface area contributed by atoms with Gasteiger partial charge in [0, 0.05) is 25.1 Å². The maximum atomic E-state index is 12.4. The second-order valence-electron chi connectivity index (χ2n) is 5.68. The quantitative estimate of drug-likeness (QED) is 0.579. The van der Waals surface area contributed by atoms with Gasteiger partial charge in [-0.2, -0.15) is 0 Å². The van der Waals surface area contributed by atoms with Crippen molar-refractivity contribution in [1.29, 1.82) is 0 Å². The Balaban J connectivity index is 1.68. The van der Waals surface area contributed by atoms with Crippen LogP contribution in [0.15, 0.2) is 4.79 Å². The third-order valence-corrected chi connectivity index (χ3v) is 4.06. The molecule has 1 aromatic heterocycles. The van der Waals surface area contributed by atoms with Crippen molar-refractivity contribution in [2.45, 2.75) is 32.2 Å². The van der Waals surface area contributed by atoms with E-state index in [0.717, 1.165) is 0 Å². The maximum absolute atomic E-state index is 12.4. The first-order valence-corrected chi connectivity index (χ1v) is 7.42. The van der Waals surface area contributed by atoms with Crippen LogP contribution in [0.25, 0.3) is 0 Å². The molecule has 3 N–H and O–H groups in total. The average Bonchev–Trinajstić information content (AvgIpc) is 2.68. The molecule has 9 heteroatoms. The van der Waals surface area contributed by atoms with Crippen LogP contribution >= 0.6 is 0 Å². The van der Waals surface area contributed by atoms with Gasteiger partial charge in [-0.15, -0.1) is 0 Å². The van der Waals surface area contributed by atoms with Gasteiger partial charge in [0.2, 0.25) is 5.91 Å². The number of aromatic amines is 1. The molecule has 0 radical (unpaired) electrons. The van der Waals surface area contributed by atoms with Crippen LogP contribution in [-0.2, 0) is 22.4 Å². The van der Waals surface area contributed by atoms with Crippen molar-refractivity contribution in [2.24, 2.45) is 0 Å². The van der Waals surface area contributed by atoms with E-state index in [1.54, 1.807) is 11.8 Å². The first-order chi connectivity index (χ1) is 10.9. The molecule has 1 fully saturated rings. The van der Waals surface area contributed by atoms with Crippen LogP contribution in [0.2, 0.25) is 0 Å². The fourth-order valence-corrected chi connectivity index (χ4v) is 2.89. The zero-order valence-corrected chi connectivity index (χ0v) is 12.6. The third kappa shape index (κ3) is 3.08. The topological polar surface area (TPSA) is 124 Å². The molecule has 4 amide bonds. The summed E-state index contributed by atoms with van der Waals surface area (Å²) >= 11 is 0. The summed E-state index contributed by atoms with van der Waals surface area (Å²) in [7, 11) is 0. The van der Waals surface area contributed by atoms with Crippen molar-refractivity contribution >= 4 is 17.8 Å². The molecule has 0 bridgehead atoms. The Kier molecular flexibility index (Phi) is 3.85. The zero-order chi connectivity index (χ0) is 16.6. The van der Waals surface area contributed by atoms with E-state index in [1.807, 2.05) is 0 Å². The SMILES string of the molecule is Cc1nc2c(c(=O)[nH]1)CCN(C(=O)CC1NC(=O)NC1=O)CC2. The van der Waals surface area contributed by atoms with Crippen LogP contribution in [0.5, 0.6) is 0 Å². The van der Waals surface area contributed by atoms with E-state index in [1.165, 1.54) is 0 Å². The molecule has 1 aromatic rings. The third-order valence-electron chi connectivity index (χ3n) is 4.06. The summed E-state index contributed by atoms with van der Waals surface area (Å²) in [5.41, 5.74) is 1.16. The predicted octanol–water partition coefficient (Wildman–Crippen LogP) is -1.40. The van der Waals surface area contributed by atoms with Gasteiger partial charge in [0.1, 0.15) is 11.9 Å². The second kappa shape index (κ2) is 5.82. The van der Waals surface area contributed by atoms with E-state index >= 15 is 0 Å². The number of aromatic nitrogens is 2. The van der Waals surface area contributed by atoms with Gasteiger partial charge in [-0.1, -0.05) is 0 Å². The van der Waals surface area contributed by atoms with Crippen LogP contribution in [0.4, 0.5) is 4.79 Å². The second-order valence-corrected chi connectivity index (χ2v) is 5.68. The summed E-state index contributed by atoms with van der Waals surface area (Å²) in [5, 5.41) is 4.51. The van der Waals surface area contributed by atoms with E-state index in [4.69, 9.17) is 0 Å². The van der Waals surface area contributed by atoms with E-state index in [-0.39, 0.29) is 17.9 Å². The van der Waals surface area contributed by atoms with Crippen molar-refractivity contribution in [1.82, 2.24) is 25.5 Å². The smallest absolute Gasteiger partial charge is 0.322 e. The average molecular weight is 319 g/mol. The molecule has 1 saturated heterocycles. The number of rotatable bonds is 2. The van der Waals surface area contributed by atoms with Crippen molar-refractivity contribution in [3.8, 4) is 0 Å². The Morgan fingerprint density at radius 3 is 2.70 bits per heavy atom. The van der Waals surface area contributed by atoms with Crippen LogP contribution in [0.3, 0.4) is 0 Å². The minimum atomic E-state index is -0.829. The molecule has 23 heavy (non-hydrogen) atoms. The lowest BCUT2D eigenvalue weighted by Gasteiger charge is -2.21. The predicted molar refractivity (Wildman–Crippen MR) is 78.7 cm³/mol. The number of aryl methyl sites for hydroxylation is 1.